The van der Waals surface area contributed by atoms with E-state index in [4.69, 9.17) is 37.4 Å². The van der Waals surface area contributed by atoms with E-state index in [0.717, 1.165) is 11.1 Å². The minimum absolute atomic E-state index is 0.143. The molecule has 170 valence electrons. The Hall–Kier alpha value is -2.08. The molecule has 1 atom stereocenters. The Balaban J connectivity index is 1.81. The van der Waals surface area contributed by atoms with Gasteiger partial charge in [0.2, 0.25) is 5.79 Å². The average Bonchev–Trinajstić information content (AvgIpc) is 2.67. The summed E-state index contributed by atoms with van der Waals surface area (Å²) >= 11 is 12.9. The first kappa shape index (κ1) is 24.6. The first-order valence-corrected chi connectivity index (χ1v) is 11.7. The summed E-state index contributed by atoms with van der Waals surface area (Å²) in [6.45, 7) is 3.00. The third kappa shape index (κ3) is 6.71. The number of phenolic OH excluding ortho intramolecular Hbond substituents is 1. The van der Waals surface area contributed by atoms with Crippen molar-refractivity contribution in [1.82, 2.24) is 0 Å². The van der Waals surface area contributed by atoms with E-state index in [1.807, 2.05) is 6.07 Å². The van der Waals surface area contributed by atoms with E-state index < -0.39 is 14.0 Å². The Bertz CT molecular complexity index is 1110. The van der Waals surface area contributed by atoms with Gasteiger partial charge in [0.1, 0.15) is 17.3 Å². The Morgan fingerprint density at radius 1 is 0.969 bits per heavy atom. The summed E-state index contributed by atoms with van der Waals surface area (Å²) in [4.78, 5) is 8.99. The van der Waals surface area contributed by atoms with Gasteiger partial charge in [-0.1, -0.05) is 47.5 Å². The quantitative estimate of drug-likeness (QED) is 0.272. The Labute approximate surface area is 196 Å². The maximum Gasteiger partial charge on any atom is 0.319 e. The first-order chi connectivity index (χ1) is 15.0. The zero-order chi connectivity index (χ0) is 23.5. The van der Waals surface area contributed by atoms with Crippen molar-refractivity contribution < 1.29 is 28.2 Å². The highest BCUT2D eigenvalue weighted by molar-refractivity contribution is 7.32. The van der Waals surface area contributed by atoms with Crippen LogP contribution in [0.2, 0.25) is 10.0 Å². The number of ether oxygens (including phenoxy) is 1. The summed E-state index contributed by atoms with van der Waals surface area (Å²) in [5.74, 6) is -1.22. The molecule has 0 aliphatic carbocycles. The SMILES string of the molecule is CC(C)(Oc1cc(Cl)c(Cc2ccc(O)c(Cc3ccc(F)cc3)c2)c(Cl)c1)O[PH](=O)O. The van der Waals surface area contributed by atoms with Gasteiger partial charge in [0.05, 0.1) is 0 Å². The minimum Gasteiger partial charge on any atom is -0.508 e. The van der Waals surface area contributed by atoms with Crippen molar-refractivity contribution >= 4 is 31.5 Å². The van der Waals surface area contributed by atoms with Crippen LogP contribution in [0.3, 0.4) is 0 Å². The number of aromatic hydroxyl groups is 1. The van der Waals surface area contributed by atoms with Crippen LogP contribution < -0.4 is 4.74 Å². The molecule has 0 radical (unpaired) electrons. The molecule has 0 aliphatic heterocycles. The van der Waals surface area contributed by atoms with Gasteiger partial charge in [0.15, 0.2) is 0 Å². The smallest absolute Gasteiger partial charge is 0.319 e. The van der Waals surface area contributed by atoms with Crippen molar-refractivity contribution in [3.63, 3.8) is 0 Å². The fourth-order valence-electron chi connectivity index (χ4n) is 3.24. The third-order valence-electron chi connectivity index (χ3n) is 4.64. The minimum atomic E-state index is -3.19. The van der Waals surface area contributed by atoms with E-state index >= 15 is 0 Å². The second-order valence-electron chi connectivity index (χ2n) is 7.68. The second kappa shape index (κ2) is 10.2. The fraction of sp³-hybridized carbons (Fsp3) is 0.217. The van der Waals surface area contributed by atoms with Crippen LogP contribution in [-0.4, -0.2) is 15.8 Å². The zero-order valence-corrected chi connectivity index (χ0v) is 19.9. The first-order valence-electron chi connectivity index (χ1n) is 9.66. The molecule has 3 rings (SSSR count). The predicted molar refractivity (Wildman–Crippen MR) is 124 cm³/mol. The summed E-state index contributed by atoms with van der Waals surface area (Å²) in [5.41, 5.74) is 3.10. The number of hydrogen-bond donors (Lipinski definition) is 2. The lowest BCUT2D eigenvalue weighted by Crippen LogP contribution is -2.29. The van der Waals surface area contributed by atoms with Gasteiger partial charge in [-0.15, -0.1) is 0 Å². The number of hydrogen-bond acceptors (Lipinski definition) is 4. The lowest BCUT2D eigenvalue weighted by Gasteiger charge is -2.25. The van der Waals surface area contributed by atoms with Gasteiger partial charge in [-0.2, -0.15) is 0 Å². The summed E-state index contributed by atoms with van der Waals surface area (Å²) < 4.78 is 34.6. The lowest BCUT2D eigenvalue weighted by atomic mass is 9.98. The molecule has 0 heterocycles. The van der Waals surface area contributed by atoms with Gasteiger partial charge in [0.25, 0.3) is 0 Å². The molecule has 0 saturated carbocycles. The molecule has 0 amide bonds. The highest BCUT2D eigenvalue weighted by Gasteiger charge is 2.24. The van der Waals surface area contributed by atoms with Crippen LogP contribution in [0.4, 0.5) is 4.39 Å². The Morgan fingerprint density at radius 2 is 1.56 bits per heavy atom. The van der Waals surface area contributed by atoms with Crippen LogP contribution in [0.15, 0.2) is 54.6 Å². The van der Waals surface area contributed by atoms with Gasteiger partial charge in [0, 0.05) is 36.7 Å². The number of halogens is 3. The van der Waals surface area contributed by atoms with Crippen molar-refractivity contribution in [2.45, 2.75) is 32.5 Å². The lowest BCUT2D eigenvalue weighted by molar-refractivity contribution is -0.0816. The molecule has 3 aromatic rings. The van der Waals surface area contributed by atoms with Gasteiger partial charge in [-0.25, -0.2) is 4.39 Å². The van der Waals surface area contributed by atoms with Crippen LogP contribution in [0, 0.1) is 5.82 Å². The largest absolute Gasteiger partial charge is 0.508 e. The summed E-state index contributed by atoms with van der Waals surface area (Å²) in [6.07, 6.45) is 0.843. The number of rotatable bonds is 8. The molecular formula is C23H22Cl2FO5P. The number of phenols is 1. The van der Waals surface area contributed by atoms with Crippen LogP contribution in [-0.2, 0) is 21.9 Å². The third-order valence-corrected chi connectivity index (χ3v) is 5.98. The molecule has 0 spiro atoms. The molecule has 0 aliphatic rings. The van der Waals surface area contributed by atoms with Crippen molar-refractivity contribution in [2.75, 3.05) is 0 Å². The normalized spacial score (nSPS) is 12.6. The van der Waals surface area contributed by atoms with Crippen LogP contribution in [0.1, 0.15) is 36.1 Å². The van der Waals surface area contributed by atoms with Crippen molar-refractivity contribution in [3.8, 4) is 11.5 Å². The van der Waals surface area contributed by atoms with E-state index in [1.54, 1.807) is 36.4 Å². The topological polar surface area (TPSA) is 76.0 Å². The maximum atomic E-state index is 13.1. The number of benzene rings is 3. The summed E-state index contributed by atoms with van der Waals surface area (Å²) in [7, 11) is -3.19. The highest BCUT2D eigenvalue weighted by Crippen LogP contribution is 2.36. The molecule has 0 bridgehead atoms. The molecule has 9 heteroatoms. The van der Waals surface area contributed by atoms with Crippen molar-refractivity contribution in [3.05, 3.63) is 92.7 Å². The van der Waals surface area contributed by atoms with Gasteiger partial charge in [-0.3, -0.25) is 9.09 Å². The highest BCUT2D eigenvalue weighted by atomic mass is 35.5. The Morgan fingerprint density at radius 3 is 2.16 bits per heavy atom. The van der Waals surface area contributed by atoms with E-state index in [0.29, 0.717) is 39.8 Å². The maximum absolute atomic E-state index is 13.1. The monoisotopic (exact) mass is 498 g/mol. The van der Waals surface area contributed by atoms with Crippen LogP contribution in [0.25, 0.3) is 0 Å². The average molecular weight is 499 g/mol. The molecule has 0 aromatic heterocycles. The zero-order valence-electron chi connectivity index (χ0n) is 17.4. The predicted octanol–water partition coefficient (Wildman–Crippen LogP) is 6.53. The molecule has 3 aromatic carbocycles. The van der Waals surface area contributed by atoms with Crippen molar-refractivity contribution in [1.29, 1.82) is 0 Å². The standard InChI is InChI=1S/C23H22Cl2FO5P/c1-23(2,31-32(28)29)30-18-12-20(24)19(21(25)13-18)11-15-5-8-22(27)16(10-15)9-14-3-6-17(26)7-4-14/h3-8,10,12-13,27,32H,9,11H2,1-2H3,(H,28,29). The van der Waals surface area contributed by atoms with E-state index in [2.05, 4.69) is 0 Å². The molecular weight excluding hydrogens is 477 g/mol. The molecule has 1 unspecified atom stereocenters. The summed E-state index contributed by atoms with van der Waals surface area (Å²) in [5, 5.41) is 10.9. The molecule has 5 nitrogen and oxygen atoms in total. The van der Waals surface area contributed by atoms with Gasteiger partial charge >= 0.3 is 8.25 Å². The Kier molecular flexibility index (Phi) is 7.86. The van der Waals surface area contributed by atoms with Crippen molar-refractivity contribution in [2.24, 2.45) is 0 Å². The molecule has 2 N–H and O–H groups in total. The van der Waals surface area contributed by atoms with E-state index in [1.165, 1.54) is 26.0 Å². The van der Waals surface area contributed by atoms with Crippen LogP contribution in [0.5, 0.6) is 11.5 Å². The van der Waals surface area contributed by atoms with Crippen LogP contribution >= 0.6 is 31.5 Å². The van der Waals surface area contributed by atoms with Gasteiger partial charge < -0.3 is 14.7 Å². The van der Waals surface area contributed by atoms with E-state index in [9.17, 15) is 14.1 Å². The van der Waals surface area contributed by atoms with E-state index in [-0.39, 0.29) is 11.6 Å². The van der Waals surface area contributed by atoms with Gasteiger partial charge in [-0.05, 0) is 52.6 Å². The molecule has 32 heavy (non-hydrogen) atoms. The fourth-order valence-corrected chi connectivity index (χ4v) is 4.30. The molecule has 0 saturated heterocycles. The second-order valence-corrected chi connectivity index (χ2v) is 9.23. The molecule has 0 fully saturated rings. The summed E-state index contributed by atoms with van der Waals surface area (Å²) in [6, 6.07) is 14.5.